The normalized spacial score (nSPS) is 23.9. The van der Waals surface area contributed by atoms with Crippen molar-refractivity contribution in [3.05, 3.63) is 40.8 Å². The topological polar surface area (TPSA) is 81.6 Å². The lowest BCUT2D eigenvalue weighted by molar-refractivity contribution is 0.0974. The van der Waals surface area contributed by atoms with Gasteiger partial charge < -0.3 is 15.4 Å². The zero-order valence-electron chi connectivity index (χ0n) is 16.1. The van der Waals surface area contributed by atoms with E-state index in [0.29, 0.717) is 15.7 Å². The molecule has 2 aromatic heterocycles. The molecule has 1 unspecified atom stereocenters. The van der Waals surface area contributed by atoms with E-state index < -0.39 is 0 Å². The Balaban J connectivity index is 1.47. The van der Waals surface area contributed by atoms with Gasteiger partial charge in [0.1, 0.15) is 6.33 Å². The molecular weight excluding hydrogens is 411 g/mol. The Hall–Kier alpha value is -1.93. The van der Waals surface area contributed by atoms with E-state index in [9.17, 15) is 0 Å². The summed E-state index contributed by atoms with van der Waals surface area (Å²) in [5, 5.41) is 5.38. The van der Waals surface area contributed by atoms with E-state index >= 15 is 0 Å². The summed E-state index contributed by atoms with van der Waals surface area (Å²) in [6.45, 7) is 4.52. The van der Waals surface area contributed by atoms with Gasteiger partial charge in [0.2, 0.25) is 0 Å². The van der Waals surface area contributed by atoms with Crippen molar-refractivity contribution in [2.24, 2.45) is 11.1 Å². The molecule has 1 aromatic carbocycles. The van der Waals surface area contributed by atoms with Gasteiger partial charge in [-0.2, -0.15) is 5.10 Å². The number of nitrogens with zero attached hydrogens (tertiary/aromatic N) is 5. The molecule has 29 heavy (non-hydrogen) atoms. The second-order valence-electron chi connectivity index (χ2n) is 7.96. The molecule has 9 heteroatoms. The quantitative estimate of drug-likeness (QED) is 0.667. The monoisotopic (exact) mass is 432 g/mol. The van der Waals surface area contributed by atoms with Crippen molar-refractivity contribution < 1.29 is 4.74 Å². The maximum absolute atomic E-state index is 6.45. The van der Waals surface area contributed by atoms with Crippen LogP contribution in [0.4, 0.5) is 5.82 Å². The highest BCUT2D eigenvalue weighted by Gasteiger charge is 2.47. The minimum atomic E-state index is 0.0636. The fourth-order valence-corrected chi connectivity index (χ4v) is 4.95. The van der Waals surface area contributed by atoms with Crippen molar-refractivity contribution in [3.8, 4) is 11.3 Å². The Bertz CT molecular complexity index is 1060. The molecule has 0 saturated carbocycles. The highest BCUT2D eigenvalue weighted by atomic mass is 35.5. The molecule has 2 aliphatic rings. The van der Waals surface area contributed by atoms with Gasteiger partial charge in [-0.3, -0.25) is 0 Å². The van der Waals surface area contributed by atoms with Crippen LogP contribution in [-0.4, -0.2) is 51.4 Å². The number of nitrogens with two attached hydrogens (primary N) is 1. The van der Waals surface area contributed by atoms with Crippen LogP contribution in [0, 0.1) is 5.41 Å². The minimum absolute atomic E-state index is 0.0636. The Kier molecular flexibility index (Phi) is 4.66. The van der Waals surface area contributed by atoms with Gasteiger partial charge in [-0.15, -0.1) is 0 Å². The molecule has 2 saturated heterocycles. The molecule has 0 amide bonds. The summed E-state index contributed by atoms with van der Waals surface area (Å²) in [6.07, 6.45) is 5.39. The van der Waals surface area contributed by atoms with Gasteiger partial charge in [-0.05, 0) is 25.8 Å². The van der Waals surface area contributed by atoms with Crippen molar-refractivity contribution in [1.82, 2.24) is 19.6 Å². The van der Waals surface area contributed by atoms with E-state index in [1.165, 1.54) is 6.33 Å². The van der Waals surface area contributed by atoms with Crippen molar-refractivity contribution in [3.63, 3.8) is 0 Å². The average Bonchev–Trinajstić information content (AvgIpc) is 3.32. The number of fused-ring (bicyclic) bond motifs is 1. The first kappa shape index (κ1) is 19.1. The van der Waals surface area contributed by atoms with Crippen LogP contribution in [0.1, 0.15) is 19.8 Å². The molecule has 152 valence electrons. The van der Waals surface area contributed by atoms with Crippen LogP contribution in [-0.2, 0) is 4.74 Å². The molecule has 2 aliphatic heterocycles. The van der Waals surface area contributed by atoms with E-state index in [0.717, 1.165) is 49.6 Å². The molecule has 0 aliphatic carbocycles. The second kappa shape index (κ2) is 7.09. The lowest BCUT2D eigenvalue weighted by Crippen LogP contribution is -2.50. The number of aromatic nitrogens is 4. The van der Waals surface area contributed by atoms with Crippen LogP contribution in [0.5, 0.6) is 0 Å². The van der Waals surface area contributed by atoms with Gasteiger partial charge in [0.25, 0.3) is 0 Å². The number of piperidine rings is 1. The highest BCUT2D eigenvalue weighted by Crippen LogP contribution is 2.42. The smallest absolute Gasteiger partial charge is 0.199 e. The van der Waals surface area contributed by atoms with Crippen LogP contribution in [0.2, 0.25) is 10.0 Å². The zero-order valence-corrected chi connectivity index (χ0v) is 17.6. The fraction of sp³-hybridized carbons (Fsp3) is 0.450. The summed E-state index contributed by atoms with van der Waals surface area (Å²) >= 11 is 12.6. The maximum Gasteiger partial charge on any atom is 0.199 e. The average molecular weight is 433 g/mol. The van der Waals surface area contributed by atoms with Crippen molar-refractivity contribution in [1.29, 1.82) is 0 Å². The van der Waals surface area contributed by atoms with Gasteiger partial charge in [0, 0.05) is 30.1 Å². The predicted octanol–water partition coefficient (Wildman–Crippen LogP) is 3.43. The summed E-state index contributed by atoms with van der Waals surface area (Å²) in [5.41, 5.74) is 8.74. The van der Waals surface area contributed by atoms with E-state index in [2.05, 4.69) is 21.9 Å². The van der Waals surface area contributed by atoms with Crippen LogP contribution in [0.15, 0.2) is 30.7 Å². The SMILES string of the molecule is C[C@@H]1OCC2(CCN(c3ncc(-c4cccc(Cl)c4Cl)n4ncnc34)CC2)C1N. The maximum atomic E-state index is 6.45. The number of hydrogen-bond acceptors (Lipinski definition) is 6. The van der Waals surface area contributed by atoms with E-state index in [1.807, 2.05) is 12.1 Å². The summed E-state index contributed by atoms with van der Waals surface area (Å²) in [5.74, 6) is 0.819. The van der Waals surface area contributed by atoms with E-state index in [1.54, 1.807) is 16.8 Å². The Morgan fingerprint density at radius 2 is 2.00 bits per heavy atom. The van der Waals surface area contributed by atoms with Crippen molar-refractivity contribution in [2.75, 3.05) is 24.6 Å². The first-order valence-electron chi connectivity index (χ1n) is 9.75. The van der Waals surface area contributed by atoms with Gasteiger partial charge in [-0.1, -0.05) is 35.3 Å². The van der Waals surface area contributed by atoms with E-state index in [4.69, 9.17) is 38.7 Å². The molecule has 1 spiro atoms. The number of benzene rings is 1. The van der Waals surface area contributed by atoms with Crippen LogP contribution in [0.25, 0.3) is 16.9 Å². The van der Waals surface area contributed by atoms with Gasteiger partial charge in [0.05, 0.1) is 34.6 Å². The Labute approximate surface area is 178 Å². The minimum Gasteiger partial charge on any atom is -0.376 e. The third kappa shape index (κ3) is 2.99. The van der Waals surface area contributed by atoms with Crippen LogP contribution in [0.3, 0.4) is 0 Å². The fourth-order valence-electron chi connectivity index (χ4n) is 4.55. The molecule has 5 rings (SSSR count). The summed E-state index contributed by atoms with van der Waals surface area (Å²) in [4.78, 5) is 11.5. The predicted molar refractivity (Wildman–Crippen MR) is 114 cm³/mol. The molecular formula is C20H22Cl2N6O. The number of rotatable bonds is 2. The van der Waals surface area contributed by atoms with E-state index in [-0.39, 0.29) is 17.6 Å². The van der Waals surface area contributed by atoms with Crippen molar-refractivity contribution in [2.45, 2.75) is 31.9 Å². The van der Waals surface area contributed by atoms with Gasteiger partial charge in [0.15, 0.2) is 11.5 Å². The number of anilines is 1. The second-order valence-corrected chi connectivity index (χ2v) is 8.74. The molecule has 2 atom stereocenters. The zero-order chi connectivity index (χ0) is 20.2. The third-order valence-electron chi connectivity index (χ3n) is 6.42. The van der Waals surface area contributed by atoms with Crippen LogP contribution >= 0.6 is 23.2 Å². The molecule has 3 aromatic rings. The molecule has 2 fully saturated rings. The highest BCUT2D eigenvalue weighted by molar-refractivity contribution is 6.43. The first-order valence-corrected chi connectivity index (χ1v) is 10.5. The van der Waals surface area contributed by atoms with Gasteiger partial charge >= 0.3 is 0 Å². The van der Waals surface area contributed by atoms with Crippen LogP contribution < -0.4 is 10.6 Å². The Morgan fingerprint density at radius 3 is 2.72 bits per heavy atom. The Morgan fingerprint density at radius 1 is 1.21 bits per heavy atom. The van der Waals surface area contributed by atoms with Gasteiger partial charge in [-0.25, -0.2) is 14.5 Å². The summed E-state index contributed by atoms with van der Waals surface area (Å²) in [7, 11) is 0. The first-order chi connectivity index (χ1) is 14.0. The lowest BCUT2D eigenvalue weighted by atomic mass is 9.73. The molecule has 2 N–H and O–H groups in total. The summed E-state index contributed by atoms with van der Waals surface area (Å²) in [6, 6.07) is 5.60. The molecule has 4 heterocycles. The molecule has 0 bridgehead atoms. The third-order valence-corrected chi connectivity index (χ3v) is 7.24. The summed E-state index contributed by atoms with van der Waals surface area (Å²) < 4.78 is 7.61. The molecule has 0 radical (unpaired) electrons. The number of ether oxygens (including phenoxy) is 1. The van der Waals surface area contributed by atoms with Crippen molar-refractivity contribution >= 4 is 34.7 Å². The number of halogens is 2. The number of hydrogen-bond donors (Lipinski definition) is 1. The molecule has 7 nitrogen and oxygen atoms in total. The lowest BCUT2D eigenvalue weighted by Gasteiger charge is -2.41. The standard InChI is InChI=1S/C20H22Cl2N6O/c1-12-17(23)20(10-29-12)5-7-27(8-6-20)18-19-25-11-26-28(19)15(9-24-18)13-3-2-4-14(21)16(13)22/h2-4,9,11-12,17H,5-8,10,23H2,1H3/t12-,17?/m0/s1. The largest absolute Gasteiger partial charge is 0.376 e.